The van der Waals surface area contributed by atoms with Crippen molar-refractivity contribution in [2.75, 3.05) is 11.9 Å². The summed E-state index contributed by atoms with van der Waals surface area (Å²) < 4.78 is 0. The third-order valence-electron chi connectivity index (χ3n) is 5.70. The van der Waals surface area contributed by atoms with Gasteiger partial charge in [-0.3, -0.25) is 14.4 Å². The standard InChI is InChI=1S/C14H18BrN3O3.C12H15Cl.C4H10.C2H6/c1-9(13(20)17-8-12(16)19)18-14(21)11-4-2-10(3-5-11)6-7-15;13-12-8-4-7-11(9-12)10-5-2-1-3-6-10;1-4(2)3;1-2/h2-5,9H,6-8H2,1H3,(H2,16,19)(H,17,20)(H,18,21);4,7-10H,1-3,5-6H2;4H,1-3H3;1-2H3. The van der Waals surface area contributed by atoms with Crippen LogP contribution in [0.3, 0.4) is 0 Å². The minimum atomic E-state index is -0.751. The number of alkyl halides is 1. The van der Waals surface area contributed by atoms with Crippen molar-refractivity contribution in [3.8, 4) is 0 Å². The monoisotopic (exact) mass is 637 g/mol. The fourth-order valence-corrected chi connectivity index (χ4v) is 4.46. The molecule has 1 aliphatic rings. The number of primary amides is 1. The maximum absolute atomic E-state index is 12.0. The highest BCUT2D eigenvalue weighted by atomic mass is 79.9. The molecule has 0 heterocycles. The smallest absolute Gasteiger partial charge is 0.251 e. The van der Waals surface area contributed by atoms with Crippen molar-refractivity contribution < 1.29 is 14.4 Å². The first-order valence-electron chi connectivity index (χ1n) is 14.3. The van der Waals surface area contributed by atoms with Crippen LogP contribution in [-0.4, -0.2) is 35.6 Å². The molecule has 4 N–H and O–H groups in total. The van der Waals surface area contributed by atoms with Gasteiger partial charge in [0.15, 0.2) is 0 Å². The van der Waals surface area contributed by atoms with Gasteiger partial charge in [-0.2, -0.15) is 0 Å². The van der Waals surface area contributed by atoms with Crippen LogP contribution in [0.1, 0.15) is 101 Å². The number of nitrogens with one attached hydrogen (secondary N) is 2. The SMILES string of the molecule is CC.CC(C)C.CC(NC(=O)c1ccc(CCBr)cc1)C(=O)NCC(N)=O.Clc1cccc(C2CCCCC2)c1. The van der Waals surface area contributed by atoms with E-state index >= 15 is 0 Å². The van der Waals surface area contributed by atoms with Crippen LogP contribution >= 0.6 is 27.5 Å². The number of halogens is 2. The molecule has 2 aromatic rings. The molecule has 1 saturated carbocycles. The second-order valence-electron chi connectivity index (χ2n) is 10.1. The van der Waals surface area contributed by atoms with Gasteiger partial charge < -0.3 is 16.4 Å². The second kappa shape index (κ2) is 22.3. The zero-order valence-corrected chi connectivity index (χ0v) is 27.4. The minimum absolute atomic E-state index is 0.250. The molecule has 2 aromatic carbocycles. The number of aryl methyl sites for hydroxylation is 1. The van der Waals surface area contributed by atoms with Crippen molar-refractivity contribution in [1.29, 1.82) is 0 Å². The van der Waals surface area contributed by atoms with Gasteiger partial charge in [0.1, 0.15) is 6.04 Å². The van der Waals surface area contributed by atoms with Gasteiger partial charge in [-0.05, 0) is 73.4 Å². The fraction of sp³-hybridized carbons (Fsp3) is 0.531. The lowest BCUT2D eigenvalue weighted by atomic mass is 9.84. The Labute approximate surface area is 255 Å². The van der Waals surface area contributed by atoms with E-state index in [9.17, 15) is 14.4 Å². The van der Waals surface area contributed by atoms with Crippen molar-refractivity contribution in [2.24, 2.45) is 11.7 Å². The number of rotatable bonds is 8. The summed E-state index contributed by atoms with van der Waals surface area (Å²) in [6, 6.07) is 14.8. The third-order valence-corrected chi connectivity index (χ3v) is 6.33. The topological polar surface area (TPSA) is 101 Å². The van der Waals surface area contributed by atoms with Crippen molar-refractivity contribution in [1.82, 2.24) is 10.6 Å². The van der Waals surface area contributed by atoms with Crippen LogP contribution in [0, 0.1) is 5.92 Å². The van der Waals surface area contributed by atoms with E-state index < -0.39 is 17.9 Å². The predicted octanol–water partition coefficient (Wildman–Crippen LogP) is 7.42. The summed E-state index contributed by atoms with van der Waals surface area (Å²) in [6.07, 6.45) is 7.76. The van der Waals surface area contributed by atoms with E-state index in [1.165, 1.54) is 44.6 Å². The Bertz CT molecular complexity index is 990. The first-order chi connectivity index (χ1) is 19.0. The van der Waals surface area contributed by atoms with E-state index in [0.29, 0.717) is 5.56 Å². The first kappa shape index (κ1) is 37.6. The Kier molecular flexibility index (Phi) is 21.0. The summed E-state index contributed by atoms with van der Waals surface area (Å²) >= 11 is 9.31. The van der Waals surface area contributed by atoms with Crippen LogP contribution in [-0.2, 0) is 16.0 Å². The third kappa shape index (κ3) is 17.3. The molecule has 3 amide bonds. The molecule has 1 unspecified atom stereocenters. The molecule has 6 nitrogen and oxygen atoms in total. The molecule has 0 radical (unpaired) electrons. The zero-order chi connectivity index (χ0) is 30.5. The van der Waals surface area contributed by atoms with Gasteiger partial charge in [-0.25, -0.2) is 0 Å². The van der Waals surface area contributed by atoms with E-state index in [2.05, 4.69) is 65.5 Å². The average molecular weight is 639 g/mol. The van der Waals surface area contributed by atoms with Gasteiger partial charge in [-0.1, -0.05) is 106 Å². The summed E-state index contributed by atoms with van der Waals surface area (Å²) in [6.45, 7) is 11.8. The molecule has 3 rings (SSSR count). The highest BCUT2D eigenvalue weighted by molar-refractivity contribution is 9.09. The largest absolute Gasteiger partial charge is 0.368 e. The van der Waals surface area contributed by atoms with Gasteiger partial charge in [0.05, 0.1) is 6.54 Å². The van der Waals surface area contributed by atoms with Crippen LogP contribution in [0.4, 0.5) is 0 Å². The minimum Gasteiger partial charge on any atom is -0.368 e. The molecular weight excluding hydrogens is 590 g/mol. The van der Waals surface area contributed by atoms with E-state index in [1.54, 1.807) is 12.1 Å². The van der Waals surface area contributed by atoms with E-state index in [4.69, 9.17) is 17.3 Å². The van der Waals surface area contributed by atoms with Gasteiger partial charge >= 0.3 is 0 Å². The maximum atomic E-state index is 12.0. The molecule has 1 aliphatic carbocycles. The number of carbonyl (C=O) groups is 3. The molecule has 1 fully saturated rings. The van der Waals surface area contributed by atoms with Crippen LogP contribution < -0.4 is 16.4 Å². The van der Waals surface area contributed by atoms with Crippen LogP contribution in [0.5, 0.6) is 0 Å². The summed E-state index contributed by atoms with van der Waals surface area (Å²) in [5.41, 5.74) is 7.96. The highest BCUT2D eigenvalue weighted by Gasteiger charge is 2.17. The summed E-state index contributed by atoms with van der Waals surface area (Å²) in [4.78, 5) is 34.2. The van der Waals surface area contributed by atoms with E-state index in [1.807, 2.05) is 32.0 Å². The van der Waals surface area contributed by atoms with Crippen LogP contribution in [0.2, 0.25) is 5.02 Å². The number of hydrogen-bond acceptors (Lipinski definition) is 3. The molecule has 1 atom stereocenters. The molecule has 0 saturated heterocycles. The predicted molar refractivity (Wildman–Crippen MR) is 172 cm³/mol. The molecule has 0 spiro atoms. The van der Waals surface area contributed by atoms with Crippen molar-refractivity contribution in [2.45, 2.75) is 92.0 Å². The van der Waals surface area contributed by atoms with Gasteiger partial charge in [-0.15, -0.1) is 0 Å². The number of hydrogen-bond donors (Lipinski definition) is 3. The average Bonchev–Trinajstić information content (AvgIpc) is 2.94. The first-order valence-corrected chi connectivity index (χ1v) is 15.8. The van der Waals surface area contributed by atoms with Crippen LogP contribution in [0.25, 0.3) is 0 Å². The Morgan fingerprint density at radius 3 is 2.05 bits per heavy atom. The fourth-order valence-electron chi connectivity index (χ4n) is 3.80. The highest BCUT2D eigenvalue weighted by Crippen LogP contribution is 2.33. The van der Waals surface area contributed by atoms with Crippen molar-refractivity contribution >= 4 is 45.3 Å². The Balaban J connectivity index is 0.000000676. The molecule has 0 aliphatic heterocycles. The van der Waals surface area contributed by atoms with E-state index in [0.717, 1.165) is 34.2 Å². The lowest BCUT2D eigenvalue weighted by molar-refractivity contribution is -0.125. The summed E-state index contributed by atoms with van der Waals surface area (Å²) in [5.74, 6) is 0.164. The van der Waals surface area contributed by atoms with Gasteiger partial charge in [0.25, 0.3) is 5.91 Å². The number of benzene rings is 2. The lowest BCUT2D eigenvalue weighted by Gasteiger charge is -2.21. The van der Waals surface area contributed by atoms with E-state index in [-0.39, 0.29) is 12.5 Å². The van der Waals surface area contributed by atoms with Crippen molar-refractivity contribution in [3.63, 3.8) is 0 Å². The molecule has 8 heteroatoms. The summed E-state index contributed by atoms with van der Waals surface area (Å²) in [7, 11) is 0. The number of nitrogens with two attached hydrogens (primary N) is 1. The molecule has 0 bridgehead atoms. The number of amides is 3. The summed E-state index contributed by atoms with van der Waals surface area (Å²) in [5, 5.41) is 6.62. The number of carbonyl (C=O) groups excluding carboxylic acids is 3. The van der Waals surface area contributed by atoms with Crippen LogP contribution in [0.15, 0.2) is 48.5 Å². The lowest BCUT2D eigenvalue weighted by Crippen LogP contribution is -2.46. The van der Waals surface area contributed by atoms with Crippen molar-refractivity contribution in [3.05, 3.63) is 70.2 Å². The maximum Gasteiger partial charge on any atom is 0.251 e. The zero-order valence-electron chi connectivity index (χ0n) is 25.1. The quantitative estimate of drug-likeness (QED) is 0.262. The Morgan fingerprint density at radius 1 is 0.975 bits per heavy atom. The van der Waals surface area contributed by atoms with Gasteiger partial charge in [0.2, 0.25) is 11.8 Å². The molecule has 224 valence electrons. The molecular formula is C32H49BrClN3O3. The normalized spacial score (nSPS) is 13.2. The molecule has 40 heavy (non-hydrogen) atoms. The van der Waals surface area contributed by atoms with Gasteiger partial charge in [0, 0.05) is 15.9 Å². The second-order valence-corrected chi connectivity index (χ2v) is 11.4. The Morgan fingerprint density at radius 2 is 1.55 bits per heavy atom. The molecule has 0 aromatic heterocycles. The Hall–Kier alpha value is -2.38.